The van der Waals surface area contributed by atoms with Crippen LogP contribution in [0.3, 0.4) is 0 Å². The van der Waals surface area contributed by atoms with Crippen molar-refractivity contribution in [3.8, 4) is 0 Å². The van der Waals surface area contributed by atoms with Crippen molar-refractivity contribution in [1.29, 1.82) is 0 Å². The zero-order valence-electron chi connectivity index (χ0n) is 8.25. The van der Waals surface area contributed by atoms with Crippen LogP contribution in [0.5, 0.6) is 0 Å². The number of aryl methyl sites for hydroxylation is 1. The van der Waals surface area contributed by atoms with Crippen LogP contribution in [0.4, 0.5) is 0 Å². The summed E-state index contributed by atoms with van der Waals surface area (Å²) in [6, 6.07) is 7.60. The van der Waals surface area contributed by atoms with Crippen LogP contribution in [0.1, 0.15) is 5.56 Å². The van der Waals surface area contributed by atoms with Crippen molar-refractivity contribution in [1.82, 2.24) is 9.97 Å². The van der Waals surface area contributed by atoms with Gasteiger partial charge in [0, 0.05) is 17.3 Å². The van der Waals surface area contributed by atoms with E-state index in [-0.39, 0.29) is 0 Å². The van der Waals surface area contributed by atoms with Gasteiger partial charge in [0.25, 0.3) is 0 Å². The van der Waals surface area contributed by atoms with E-state index in [2.05, 4.69) is 9.97 Å². The van der Waals surface area contributed by atoms with Crippen LogP contribution < -0.4 is 0 Å². The zero-order chi connectivity index (χ0) is 10.7. The predicted octanol–water partition coefficient (Wildman–Crippen LogP) is 1.95. The summed E-state index contributed by atoms with van der Waals surface area (Å²) < 4.78 is 12.0. The number of hydrogen-bond acceptors (Lipinski definition) is 3. The number of rotatable bonds is 2. The predicted molar refractivity (Wildman–Crippen MR) is 57.9 cm³/mol. The van der Waals surface area contributed by atoms with Gasteiger partial charge in [-0.25, -0.2) is 14.2 Å². The van der Waals surface area contributed by atoms with Crippen molar-refractivity contribution in [2.45, 2.75) is 16.7 Å². The standard InChI is InChI=1S/C11H10N2OS/c1-9-2-4-10(5-3-9)15(14)11-6-12-8-13-7-11/h2-8H,1H3/t15-/m1/s1. The van der Waals surface area contributed by atoms with Gasteiger partial charge in [0.2, 0.25) is 0 Å². The van der Waals surface area contributed by atoms with E-state index in [1.54, 1.807) is 12.4 Å². The van der Waals surface area contributed by atoms with Crippen LogP contribution in [0, 0.1) is 6.92 Å². The second kappa shape index (κ2) is 4.31. The molecule has 2 aromatic rings. The fourth-order valence-corrected chi connectivity index (χ4v) is 2.15. The summed E-state index contributed by atoms with van der Waals surface area (Å²) in [6.45, 7) is 2.00. The fraction of sp³-hybridized carbons (Fsp3) is 0.0909. The molecular formula is C11H10N2OS. The van der Waals surface area contributed by atoms with Crippen LogP contribution >= 0.6 is 0 Å². The molecule has 0 saturated carbocycles. The highest BCUT2D eigenvalue weighted by atomic mass is 32.2. The minimum absolute atomic E-state index is 0.626. The lowest BCUT2D eigenvalue weighted by molar-refractivity contribution is 0.682. The molecule has 0 unspecified atom stereocenters. The average molecular weight is 218 g/mol. The van der Waals surface area contributed by atoms with Gasteiger partial charge in [0.05, 0.1) is 15.7 Å². The number of hydrogen-bond donors (Lipinski definition) is 0. The first-order valence-electron chi connectivity index (χ1n) is 4.51. The van der Waals surface area contributed by atoms with Crippen LogP contribution in [0.15, 0.2) is 52.8 Å². The Morgan fingerprint density at radius 1 is 1.00 bits per heavy atom. The van der Waals surface area contributed by atoms with Crippen molar-refractivity contribution in [3.05, 3.63) is 48.5 Å². The van der Waals surface area contributed by atoms with Gasteiger partial charge >= 0.3 is 0 Å². The Kier molecular flexibility index (Phi) is 2.87. The topological polar surface area (TPSA) is 42.9 Å². The third-order valence-corrected chi connectivity index (χ3v) is 3.33. The van der Waals surface area contributed by atoms with Crippen LogP contribution in [0.2, 0.25) is 0 Å². The normalized spacial score (nSPS) is 12.3. The van der Waals surface area contributed by atoms with E-state index >= 15 is 0 Å². The summed E-state index contributed by atoms with van der Waals surface area (Å²) in [5, 5.41) is 0. The SMILES string of the molecule is Cc1ccc([S@@](=O)c2cncnc2)cc1. The maximum Gasteiger partial charge on any atom is 0.115 e. The number of nitrogens with zero attached hydrogens (tertiary/aromatic N) is 2. The Morgan fingerprint density at radius 3 is 2.20 bits per heavy atom. The van der Waals surface area contributed by atoms with Gasteiger partial charge in [-0.05, 0) is 19.1 Å². The summed E-state index contributed by atoms with van der Waals surface area (Å²) in [6.07, 6.45) is 4.57. The summed E-state index contributed by atoms with van der Waals surface area (Å²) in [5.41, 5.74) is 1.15. The van der Waals surface area contributed by atoms with Crippen LogP contribution in [-0.4, -0.2) is 14.2 Å². The van der Waals surface area contributed by atoms with Crippen molar-refractivity contribution >= 4 is 10.8 Å². The molecule has 1 aromatic carbocycles. The molecule has 4 heteroatoms. The summed E-state index contributed by atoms with van der Waals surface area (Å²) in [7, 11) is -1.18. The summed E-state index contributed by atoms with van der Waals surface area (Å²) >= 11 is 0. The second-order valence-electron chi connectivity index (χ2n) is 3.16. The molecule has 0 N–H and O–H groups in total. The number of aromatic nitrogens is 2. The third kappa shape index (κ3) is 2.27. The highest BCUT2D eigenvalue weighted by Crippen LogP contribution is 2.14. The Morgan fingerprint density at radius 2 is 1.60 bits per heavy atom. The molecule has 0 aliphatic rings. The zero-order valence-corrected chi connectivity index (χ0v) is 9.07. The highest BCUT2D eigenvalue weighted by molar-refractivity contribution is 7.85. The molecule has 0 aliphatic heterocycles. The van der Waals surface area contributed by atoms with Crippen LogP contribution in [-0.2, 0) is 10.8 Å². The minimum Gasteiger partial charge on any atom is -0.249 e. The first-order valence-corrected chi connectivity index (χ1v) is 5.66. The second-order valence-corrected chi connectivity index (χ2v) is 4.64. The molecule has 76 valence electrons. The van der Waals surface area contributed by atoms with Gasteiger partial charge in [-0.2, -0.15) is 0 Å². The van der Waals surface area contributed by atoms with E-state index < -0.39 is 10.8 Å². The van der Waals surface area contributed by atoms with Crippen LogP contribution in [0.25, 0.3) is 0 Å². The Bertz CT molecular complexity index is 468. The minimum atomic E-state index is -1.18. The molecule has 0 bridgehead atoms. The van der Waals surface area contributed by atoms with Gasteiger partial charge in [-0.1, -0.05) is 17.7 Å². The molecule has 0 fully saturated rings. The lowest BCUT2D eigenvalue weighted by Crippen LogP contribution is -1.94. The maximum absolute atomic E-state index is 12.0. The van der Waals surface area contributed by atoms with E-state index in [1.807, 2.05) is 31.2 Å². The number of benzene rings is 1. The molecule has 1 atom stereocenters. The van der Waals surface area contributed by atoms with E-state index in [9.17, 15) is 4.21 Å². The lowest BCUT2D eigenvalue weighted by atomic mass is 10.2. The molecule has 0 saturated heterocycles. The smallest absolute Gasteiger partial charge is 0.115 e. The van der Waals surface area contributed by atoms with Crippen molar-refractivity contribution in [3.63, 3.8) is 0 Å². The maximum atomic E-state index is 12.0. The first kappa shape index (κ1) is 9.98. The Hall–Kier alpha value is -1.55. The van der Waals surface area contributed by atoms with Gasteiger partial charge in [-0.15, -0.1) is 0 Å². The van der Waals surface area contributed by atoms with E-state index in [0.717, 1.165) is 10.5 Å². The van der Waals surface area contributed by atoms with E-state index in [0.29, 0.717) is 4.90 Å². The molecule has 3 nitrogen and oxygen atoms in total. The monoisotopic (exact) mass is 218 g/mol. The first-order chi connectivity index (χ1) is 7.27. The Labute approximate surface area is 90.7 Å². The van der Waals surface area contributed by atoms with Gasteiger partial charge in [-0.3, -0.25) is 0 Å². The lowest BCUT2D eigenvalue weighted by Gasteiger charge is -2.01. The van der Waals surface area contributed by atoms with Crippen molar-refractivity contribution in [2.75, 3.05) is 0 Å². The Balaban J connectivity index is 2.33. The molecule has 0 amide bonds. The molecule has 2 rings (SSSR count). The summed E-state index contributed by atoms with van der Waals surface area (Å²) in [5.74, 6) is 0. The molecule has 15 heavy (non-hydrogen) atoms. The van der Waals surface area contributed by atoms with Crippen molar-refractivity contribution in [2.24, 2.45) is 0 Å². The van der Waals surface area contributed by atoms with E-state index in [1.165, 1.54) is 6.33 Å². The molecular weight excluding hydrogens is 208 g/mol. The molecule has 1 heterocycles. The molecule has 0 radical (unpaired) electrons. The summed E-state index contributed by atoms with van der Waals surface area (Å²) in [4.78, 5) is 9.09. The third-order valence-electron chi connectivity index (χ3n) is 1.99. The van der Waals surface area contributed by atoms with Gasteiger partial charge in [0.1, 0.15) is 6.33 Å². The average Bonchev–Trinajstić information content (AvgIpc) is 2.30. The molecule has 1 aromatic heterocycles. The molecule has 0 spiro atoms. The van der Waals surface area contributed by atoms with Crippen molar-refractivity contribution < 1.29 is 4.21 Å². The largest absolute Gasteiger partial charge is 0.249 e. The van der Waals surface area contributed by atoms with E-state index in [4.69, 9.17) is 0 Å². The van der Waals surface area contributed by atoms with Gasteiger partial charge in [0.15, 0.2) is 0 Å². The van der Waals surface area contributed by atoms with Gasteiger partial charge < -0.3 is 0 Å². The quantitative estimate of drug-likeness (QED) is 0.773. The fourth-order valence-electron chi connectivity index (χ4n) is 1.18. The highest BCUT2D eigenvalue weighted by Gasteiger charge is 2.06. The molecule has 0 aliphatic carbocycles.